The largest absolute Gasteiger partial charge is 0.378 e. The number of hydrogen-bond donors (Lipinski definition) is 1. The fourth-order valence-corrected chi connectivity index (χ4v) is 4.51. The molecule has 1 saturated carbocycles. The van der Waals surface area contributed by atoms with E-state index in [1.165, 1.54) is 11.8 Å². The van der Waals surface area contributed by atoms with Gasteiger partial charge in [-0.2, -0.15) is 0 Å². The lowest BCUT2D eigenvalue weighted by molar-refractivity contribution is -0.120. The molecule has 1 aliphatic carbocycles. The molecule has 0 bridgehead atoms. The van der Waals surface area contributed by atoms with Crippen molar-refractivity contribution in [2.45, 2.75) is 42.8 Å². The van der Waals surface area contributed by atoms with Crippen molar-refractivity contribution in [1.29, 1.82) is 0 Å². The zero-order valence-electron chi connectivity index (χ0n) is 14.8. The summed E-state index contributed by atoms with van der Waals surface area (Å²) < 4.78 is 7.66. The summed E-state index contributed by atoms with van der Waals surface area (Å²) in [5.41, 5.74) is 0. The SMILES string of the molecule is CC(Sc1nnc(N2CCOCC2)n1C1CC1)C(=O)NCc1cccs1. The Kier molecular flexibility index (Phi) is 5.46. The number of thiophene rings is 1. The Balaban J connectivity index is 1.42. The van der Waals surface area contributed by atoms with Crippen molar-refractivity contribution in [3.05, 3.63) is 22.4 Å². The third kappa shape index (κ3) is 4.05. The summed E-state index contributed by atoms with van der Waals surface area (Å²) in [5, 5.41) is 14.5. The van der Waals surface area contributed by atoms with Crippen LogP contribution in [0.5, 0.6) is 0 Å². The standard InChI is InChI=1S/C17H23N5O2S2/c1-12(15(23)18-11-14-3-2-10-25-14)26-17-20-19-16(22(17)13-4-5-13)21-6-8-24-9-7-21/h2-3,10,12-13H,4-9,11H2,1H3,(H,18,23). The van der Waals surface area contributed by atoms with Gasteiger partial charge in [0, 0.05) is 24.0 Å². The van der Waals surface area contributed by atoms with Crippen LogP contribution in [0.25, 0.3) is 0 Å². The highest BCUT2D eigenvalue weighted by molar-refractivity contribution is 8.00. The van der Waals surface area contributed by atoms with Gasteiger partial charge in [-0.05, 0) is 31.2 Å². The first-order chi connectivity index (χ1) is 12.7. The van der Waals surface area contributed by atoms with Crippen molar-refractivity contribution in [2.24, 2.45) is 0 Å². The van der Waals surface area contributed by atoms with Crippen LogP contribution < -0.4 is 10.2 Å². The van der Waals surface area contributed by atoms with Gasteiger partial charge in [0.05, 0.1) is 25.0 Å². The van der Waals surface area contributed by atoms with Gasteiger partial charge in [0.25, 0.3) is 0 Å². The second-order valence-electron chi connectivity index (χ2n) is 6.54. The first kappa shape index (κ1) is 17.8. The molecule has 26 heavy (non-hydrogen) atoms. The van der Waals surface area contributed by atoms with Crippen molar-refractivity contribution < 1.29 is 9.53 Å². The molecule has 2 fully saturated rings. The molecule has 1 aliphatic heterocycles. The molecule has 0 aromatic carbocycles. The normalized spacial score (nSPS) is 18.7. The number of anilines is 1. The van der Waals surface area contributed by atoms with Crippen molar-refractivity contribution in [1.82, 2.24) is 20.1 Å². The summed E-state index contributed by atoms with van der Waals surface area (Å²) in [6.45, 7) is 5.63. The van der Waals surface area contributed by atoms with Crippen molar-refractivity contribution >= 4 is 35.0 Å². The van der Waals surface area contributed by atoms with E-state index in [2.05, 4.69) is 25.0 Å². The molecule has 0 spiro atoms. The highest BCUT2D eigenvalue weighted by atomic mass is 32.2. The zero-order chi connectivity index (χ0) is 17.9. The molecule has 140 valence electrons. The number of amides is 1. The van der Waals surface area contributed by atoms with Gasteiger partial charge in [-0.25, -0.2) is 0 Å². The Labute approximate surface area is 161 Å². The van der Waals surface area contributed by atoms with Crippen LogP contribution in [0.1, 0.15) is 30.7 Å². The van der Waals surface area contributed by atoms with Gasteiger partial charge in [0.15, 0.2) is 5.16 Å². The summed E-state index contributed by atoms with van der Waals surface area (Å²) in [4.78, 5) is 15.8. The molecule has 2 aromatic heterocycles. The lowest BCUT2D eigenvalue weighted by Gasteiger charge is -2.28. The zero-order valence-corrected chi connectivity index (χ0v) is 16.4. The maximum Gasteiger partial charge on any atom is 0.233 e. The maximum atomic E-state index is 12.4. The monoisotopic (exact) mass is 393 g/mol. The molecule has 1 atom stereocenters. The molecule has 1 unspecified atom stereocenters. The predicted molar refractivity (Wildman–Crippen MR) is 103 cm³/mol. The number of carbonyl (C=O) groups is 1. The number of thioether (sulfide) groups is 1. The summed E-state index contributed by atoms with van der Waals surface area (Å²) >= 11 is 3.14. The molecule has 0 radical (unpaired) electrons. The lowest BCUT2D eigenvalue weighted by atomic mass is 10.4. The van der Waals surface area contributed by atoms with Gasteiger partial charge >= 0.3 is 0 Å². The Bertz CT molecular complexity index is 738. The highest BCUT2D eigenvalue weighted by Gasteiger charge is 2.33. The molecular weight excluding hydrogens is 370 g/mol. The number of nitrogens with one attached hydrogen (secondary N) is 1. The van der Waals surface area contributed by atoms with Crippen LogP contribution in [0, 0.1) is 0 Å². The Morgan fingerprint density at radius 2 is 2.23 bits per heavy atom. The first-order valence-corrected chi connectivity index (χ1v) is 10.7. The van der Waals surface area contributed by atoms with Crippen LogP contribution >= 0.6 is 23.1 Å². The van der Waals surface area contributed by atoms with Crippen molar-refractivity contribution in [2.75, 3.05) is 31.2 Å². The molecule has 2 aliphatic rings. The summed E-state index contributed by atoms with van der Waals surface area (Å²) in [7, 11) is 0. The fraction of sp³-hybridized carbons (Fsp3) is 0.588. The van der Waals surface area contributed by atoms with E-state index in [4.69, 9.17) is 4.74 Å². The number of nitrogens with zero attached hydrogens (tertiary/aromatic N) is 4. The Morgan fingerprint density at radius 1 is 1.42 bits per heavy atom. The van der Waals surface area contributed by atoms with Gasteiger partial charge < -0.3 is 15.0 Å². The van der Waals surface area contributed by atoms with E-state index in [1.54, 1.807) is 11.3 Å². The van der Waals surface area contributed by atoms with Crippen molar-refractivity contribution in [3.63, 3.8) is 0 Å². The number of ether oxygens (including phenoxy) is 1. The van der Waals surface area contributed by atoms with Crippen LogP contribution in [0.2, 0.25) is 0 Å². The second kappa shape index (κ2) is 7.98. The molecule has 4 rings (SSSR count). The Morgan fingerprint density at radius 3 is 2.92 bits per heavy atom. The van der Waals surface area contributed by atoms with Crippen LogP contribution in [-0.2, 0) is 16.1 Å². The minimum Gasteiger partial charge on any atom is -0.378 e. The Hall–Kier alpha value is -1.58. The van der Waals surface area contributed by atoms with Crippen molar-refractivity contribution in [3.8, 4) is 0 Å². The van der Waals surface area contributed by atoms with E-state index < -0.39 is 0 Å². The minimum atomic E-state index is -0.214. The van der Waals surface area contributed by atoms with E-state index in [1.807, 2.05) is 24.4 Å². The summed E-state index contributed by atoms with van der Waals surface area (Å²) in [6, 6.07) is 4.49. The van der Waals surface area contributed by atoms with E-state index >= 15 is 0 Å². The van der Waals surface area contributed by atoms with Crippen LogP contribution in [-0.4, -0.2) is 52.2 Å². The van der Waals surface area contributed by atoms with E-state index in [9.17, 15) is 4.79 Å². The average Bonchev–Trinajstić information content (AvgIpc) is 3.20. The van der Waals surface area contributed by atoms with E-state index in [-0.39, 0.29) is 11.2 Å². The minimum absolute atomic E-state index is 0.0293. The number of morpholine rings is 1. The van der Waals surface area contributed by atoms with E-state index in [0.29, 0.717) is 12.6 Å². The average molecular weight is 394 g/mol. The quantitative estimate of drug-likeness (QED) is 0.728. The fourth-order valence-electron chi connectivity index (χ4n) is 2.92. The van der Waals surface area contributed by atoms with Gasteiger partial charge in [-0.3, -0.25) is 9.36 Å². The molecule has 9 heteroatoms. The maximum absolute atomic E-state index is 12.4. The first-order valence-electron chi connectivity index (χ1n) is 8.96. The molecule has 1 saturated heterocycles. The molecule has 2 aromatic rings. The molecular formula is C17H23N5O2S2. The molecule has 1 N–H and O–H groups in total. The van der Waals surface area contributed by atoms with Gasteiger partial charge in [-0.15, -0.1) is 21.5 Å². The van der Waals surface area contributed by atoms with Crippen LogP contribution in [0.15, 0.2) is 22.7 Å². The van der Waals surface area contributed by atoms with Crippen LogP contribution in [0.4, 0.5) is 5.95 Å². The molecule has 1 amide bonds. The van der Waals surface area contributed by atoms with Gasteiger partial charge in [0.1, 0.15) is 0 Å². The van der Waals surface area contributed by atoms with Gasteiger partial charge in [0.2, 0.25) is 11.9 Å². The highest BCUT2D eigenvalue weighted by Crippen LogP contribution is 2.41. The molecule has 7 nitrogen and oxygen atoms in total. The lowest BCUT2D eigenvalue weighted by Crippen LogP contribution is -2.38. The summed E-state index contributed by atoms with van der Waals surface area (Å²) in [5.74, 6) is 0.950. The van der Waals surface area contributed by atoms with Crippen LogP contribution in [0.3, 0.4) is 0 Å². The number of rotatable bonds is 7. The molecule has 3 heterocycles. The topological polar surface area (TPSA) is 72.3 Å². The predicted octanol–water partition coefficient (Wildman–Crippen LogP) is 2.31. The van der Waals surface area contributed by atoms with Gasteiger partial charge in [-0.1, -0.05) is 17.8 Å². The number of hydrogen-bond acceptors (Lipinski definition) is 7. The van der Waals surface area contributed by atoms with E-state index in [0.717, 1.165) is 55.1 Å². The second-order valence-corrected chi connectivity index (χ2v) is 8.88. The summed E-state index contributed by atoms with van der Waals surface area (Å²) in [6.07, 6.45) is 2.31. The smallest absolute Gasteiger partial charge is 0.233 e. The third-order valence-electron chi connectivity index (χ3n) is 4.52. The third-order valence-corrected chi connectivity index (χ3v) is 6.45. The number of aromatic nitrogens is 3. The number of carbonyl (C=O) groups excluding carboxylic acids is 1.